The number of nitrogens with zero attached hydrogens (tertiary/aromatic N) is 1. The van der Waals surface area contributed by atoms with Crippen molar-refractivity contribution in [1.29, 1.82) is 0 Å². The van der Waals surface area contributed by atoms with Gasteiger partial charge >= 0.3 is 0 Å². The summed E-state index contributed by atoms with van der Waals surface area (Å²) in [6.45, 7) is 13.6. The molecule has 0 saturated carbocycles. The van der Waals surface area contributed by atoms with Crippen LogP contribution < -0.4 is 5.32 Å². The zero-order chi connectivity index (χ0) is 21.9. The highest BCUT2D eigenvalue weighted by atomic mass is 19.1. The molecule has 162 valence electrons. The third-order valence-corrected chi connectivity index (χ3v) is 5.37. The van der Waals surface area contributed by atoms with E-state index in [0.717, 1.165) is 31.6 Å². The SMILES string of the molecule is C=C=C(Cc1ccc(NC2(C)C=CC3=C(CN(OC(C)(C)C)CC3)C2)cc1F)OC. The number of nitrogens with one attached hydrogen (secondary N) is 1. The third kappa shape index (κ3) is 5.63. The minimum atomic E-state index is -0.282. The molecule has 0 aromatic heterocycles. The summed E-state index contributed by atoms with van der Waals surface area (Å²) in [7, 11) is 1.54. The van der Waals surface area contributed by atoms with E-state index in [2.05, 4.69) is 62.5 Å². The third-order valence-electron chi connectivity index (χ3n) is 5.37. The van der Waals surface area contributed by atoms with Gasteiger partial charge in [0.2, 0.25) is 0 Å². The lowest BCUT2D eigenvalue weighted by molar-refractivity contribution is -0.226. The number of methoxy groups -OCH3 is 1. The molecule has 0 bridgehead atoms. The van der Waals surface area contributed by atoms with E-state index in [0.29, 0.717) is 17.7 Å². The number of allylic oxidation sites excluding steroid dienone is 2. The van der Waals surface area contributed by atoms with Gasteiger partial charge in [0.05, 0.1) is 18.2 Å². The number of hydroxylamine groups is 2. The second kappa shape index (κ2) is 8.81. The molecule has 1 atom stereocenters. The van der Waals surface area contributed by atoms with E-state index in [-0.39, 0.29) is 17.0 Å². The molecule has 1 N–H and O–H groups in total. The van der Waals surface area contributed by atoms with E-state index in [9.17, 15) is 4.39 Å². The molecule has 1 unspecified atom stereocenters. The van der Waals surface area contributed by atoms with Crippen molar-refractivity contribution >= 4 is 5.69 Å². The summed E-state index contributed by atoms with van der Waals surface area (Å²) in [5.74, 6) is 0.256. The molecule has 0 saturated heterocycles. The largest absolute Gasteiger partial charge is 0.493 e. The van der Waals surface area contributed by atoms with Crippen LogP contribution in [-0.4, -0.2) is 36.4 Å². The summed E-state index contributed by atoms with van der Waals surface area (Å²) in [6, 6.07) is 5.24. The molecule has 3 rings (SSSR count). The Morgan fingerprint density at radius 2 is 2.13 bits per heavy atom. The quantitative estimate of drug-likeness (QED) is 0.491. The fraction of sp³-hybridized carbons (Fsp3) is 0.480. The molecule has 4 nitrogen and oxygen atoms in total. The maximum atomic E-state index is 14.6. The number of halogens is 1. The molecular weight excluding hydrogens is 379 g/mol. The molecule has 30 heavy (non-hydrogen) atoms. The second-order valence-corrected chi connectivity index (χ2v) is 9.29. The van der Waals surface area contributed by atoms with Crippen molar-refractivity contribution in [2.45, 2.75) is 58.1 Å². The van der Waals surface area contributed by atoms with E-state index in [4.69, 9.17) is 9.57 Å². The zero-order valence-corrected chi connectivity index (χ0v) is 18.8. The van der Waals surface area contributed by atoms with Crippen molar-refractivity contribution in [3.63, 3.8) is 0 Å². The molecule has 0 amide bonds. The van der Waals surface area contributed by atoms with Crippen LogP contribution in [0.25, 0.3) is 0 Å². The average molecular weight is 413 g/mol. The lowest BCUT2D eigenvalue weighted by Gasteiger charge is -2.40. The summed E-state index contributed by atoms with van der Waals surface area (Å²) in [5, 5.41) is 5.58. The van der Waals surface area contributed by atoms with Gasteiger partial charge in [-0.3, -0.25) is 4.84 Å². The molecule has 0 radical (unpaired) electrons. The molecule has 0 fully saturated rings. The molecule has 1 aliphatic heterocycles. The van der Waals surface area contributed by atoms with Crippen molar-refractivity contribution in [2.24, 2.45) is 0 Å². The van der Waals surface area contributed by atoms with Crippen molar-refractivity contribution in [3.8, 4) is 0 Å². The number of hydrogen-bond donors (Lipinski definition) is 1. The number of hydrogen-bond acceptors (Lipinski definition) is 4. The van der Waals surface area contributed by atoms with Crippen LogP contribution in [0.5, 0.6) is 0 Å². The van der Waals surface area contributed by atoms with Crippen LogP contribution >= 0.6 is 0 Å². The van der Waals surface area contributed by atoms with Gasteiger partial charge in [0.25, 0.3) is 0 Å². The van der Waals surface area contributed by atoms with Crippen LogP contribution in [0.1, 0.15) is 46.1 Å². The van der Waals surface area contributed by atoms with E-state index in [1.54, 1.807) is 19.2 Å². The molecule has 1 aromatic rings. The fourth-order valence-corrected chi connectivity index (χ4v) is 4.00. The van der Waals surface area contributed by atoms with Crippen LogP contribution in [-0.2, 0) is 16.0 Å². The van der Waals surface area contributed by atoms with Gasteiger partial charge in [0.1, 0.15) is 11.6 Å². The summed E-state index contributed by atoms with van der Waals surface area (Å²) < 4.78 is 19.8. The van der Waals surface area contributed by atoms with E-state index in [1.165, 1.54) is 11.1 Å². The van der Waals surface area contributed by atoms with E-state index < -0.39 is 0 Å². The van der Waals surface area contributed by atoms with Crippen molar-refractivity contribution in [1.82, 2.24) is 5.06 Å². The Balaban J connectivity index is 1.69. The minimum Gasteiger partial charge on any atom is -0.493 e. The summed E-state index contributed by atoms with van der Waals surface area (Å²) in [5.41, 5.74) is 6.30. The number of rotatable bonds is 6. The highest BCUT2D eigenvalue weighted by molar-refractivity contribution is 5.51. The Labute approximate surface area is 179 Å². The first-order chi connectivity index (χ1) is 14.1. The first kappa shape index (κ1) is 22.4. The second-order valence-electron chi connectivity index (χ2n) is 9.29. The number of anilines is 1. The highest BCUT2D eigenvalue weighted by Gasteiger charge is 2.31. The Morgan fingerprint density at radius 1 is 1.37 bits per heavy atom. The van der Waals surface area contributed by atoms with Crippen molar-refractivity contribution < 1.29 is 14.0 Å². The lowest BCUT2D eigenvalue weighted by Crippen LogP contribution is -2.42. The first-order valence-electron chi connectivity index (χ1n) is 10.4. The van der Waals surface area contributed by atoms with Crippen LogP contribution in [0.2, 0.25) is 0 Å². The monoisotopic (exact) mass is 412 g/mol. The topological polar surface area (TPSA) is 33.7 Å². The van der Waals surface area contributed by atoms with Gasteiger partial charge in [0, 0.05) is 25.2 Å². The average Bonchev–Trinajstić information content (AvgIpc) is 2.65. The summed E-state index contributed by atoms with van der Waals surface area (Å²) in [6.07, 6.45) is 6.59. The highest BCUT2D eigenvalue weighted by Crippen LogP contribution is 2.35. The molecule has 1 aliphatic carbocycles. The number of benzene rings is 1. The van der Waals surface area contributed by atoms with Crippen molar-refractivity contribution in [3.05, 3.63) is 70.9 Å². The lowest BCUT2D eigenvalue weighted by atomic mass is 9.82. The molecule has 0 spiro atoms. The van der Waals surface area contributed by atoms with E-state index in [1.807, 2.05) is 6.07 Å². The molecule has 1 heterocycles. The molecule has 5 heteroatoms. The Hall–Kier alpha value is -2.33. The van der Waals surface area contributed by atoms with Gasteiger partial charge in [-0.15, -0.1) is 0 Å². The maximum Gasteiger partial charge on any atom is 0.142 e. The van der Waals surface area contributed by atoms with E-state index >= 15 is 0 Å². The predicted molar refractivity (Wildman–Crippen MR) is 120 cm³/mol. The van der Waals surface area contributed by atoms with Gasteiger partial charge in [-0.2, -0.15) is 5.06 Å². The Bertz CT molecular complexity index is 906. The minimum absolute atomic E-state index is 0.202. The van der Waals surface area contributed by atoms with Gasteiger partial charge in [-0.1, -0.05) is 30.5 Å². The smallest absolute Gasteiger partial charge is 0.142 e. The predicted octanol–water partition coefficient (Wildman–Crippen LogP) is 5.55. The normalized spacial score (nSPS) is 21.8. The molecule has 2 aliphatic rings. The van der Waals surface area contributed by atoms with Crippen LogP contribution in [0.3, 0.4) is 0 Å². The first-order valence-corrected chi connectivity index (χ1v) is 10.4. The van der Waals surface area contributed by atoms with Gasteiger partial charge < -0.3 is 10.1 Å². The van der Waals surface area contributed by atoms with Gasteiger partial charge in [0.15, 0.2) is 0 Å². The Kier molecular flexibility index (Phi) is 6.56. The van der Waals surface area contributed by atoms with Crippen LogP contribution in [0.4, 0.5) is 10.1 Å². The van der Waals surface area contributed by atoms with Gasteiger partial charge in [-0.05, 0) is 69.4 Å². The summed E-state index contributed by atoms with van der Waals surface area (Å²) >= 11 is 0. The van der Waals surface area contributed by atoms with Crippen LogP contribution in [0, 0.1) is 5.82 Å². The number of ether oxygens (including phenoxy) is 1. The fourth-order valence-electron chi connectivity index (χ4n) is 4.00. The molecule has 1 aromatic carbocycles. The summed E-state index contributed by atoms with van der Waals surface area (Å²) in [4.78, 5) is 6.08. The molecular formula is C25H33FN2O2. The maximum absolute atomic E-state index is 14.6. The Morgan fingerprint density at radius 3 is 2.77 bits per heavy atom. The van der Waals surface area contributed by atoms with Crippen molar-refractivity contribution in [2.75, 3.05) is 25.5 Å². The van der Waals surface area contributed by atoms with Crippen LogP contribution in [0.15, 0.2) is 59.6 Å². The van der Waals surface area contributed by atoms with Gasteiger partial charge in [-0.25, -0.2) is 4.39 Å². The zero-order valence-electron chi connectivity index (χ0n) is 18.8. The standard InChI is InChI=1S/C25H33FN2O2/c1-7-22(29-6)14-19-8-9-21(15-23(19)26)27-25(5)12-10-18-11-13-28(17-20(18)16-25)30-24(2,3)4/h8-10,12,15,27H,1,11,13-14,16-17H2,2-6H3.